The summed E-state index contributed by atoms with van der Waals surface area (Å²) >= 11 is 0. The van der Waals surface area contributed by atoms with Gasteiger partial charge in [0.1, 0.15) is 41.8 Å². The van der Waals surface area contributed by atoms with Gasteiger partial charge in [0.25, 0.3) is 0 Å². The minimum Gasteiger partial charge on any atom is -0.466 e. The topological polar surface area (TPSA) is 255 Å². The number of hydrogen-bond acceptors (Lipinski definition) is 12. The molecule has 1 saturated carbocycles. The van der Waals surface area contributed by atoms with Crippen LogP contribution in [0.3, 0.4) is 0 Å². The summed E-state index contributed by atoms with van der Waals surface area (Å²) in [6, 6.07) is -2.85. The lowest BCUT2D eigenvalue weighted by atomic mass is 9.83. The lowest BCUT2D eigenvalue weighted by Crippen LogP contribution is -2.69. The molecule has 1 aliphatic carbocycles. The predicted octanol–water partition coefficient (Wildman–Crippen LogP) is -4.75. The maximum atomic E-state index is 11.3. The lowest BCUT2D eigenvalue weighted by Gasteiger charge is -2.48. The number of nitrogens with two attached hydrogens (primary N) is 4. The molecule has 3 rings (SSSR count). The maximum Gasteiger partial charge on any atom is 0.222 e. The summed E-state index contributed by atoms with van der Waals surface area (Å²) in [5.74, 6) is 0.309. The molecule has 3 aliphatic rings. The van der Waals surface area contributed by atoms with Crippen molar-refractivity contribution in [2.75, 3.05) is 20.2 Å². The summed E-state index contributed by atoms with van der Waals surface area (Å²) < 4.78 is 23.4. The van der Waals surface area contributed by atoms with Gasteiger partial charge in [-0.1, -0.05) is 0 Å². The second kappa shape index (κ2) is 12.0. The van der Waals surface area contributed by atoms with Gasteiger partial charge in [0.15, 0.2) is 12.2 Å². The summed E-state index contributed by atoms with van der Waals surface area (Å²) in [5.41, 5.74) is 21.8. The first-order valence-corrected chi connectivity index (χ1v) is 11.8. The smallest absolute Gasteiger partial charge is 0.222 e. The Morgan fingerprint density at radius 2 is 1.97 bits per heavy atom. The molecule has 0 spiro atoms. The van der Waals surface area contributed by atoms with E-state index in [1.165, 1.54) is 6.92 Å². The van der Waals surface area contributed by atoms with Crippen molar-refractivity contribution in [1.82, 2.24) is 10.6 Å². The molecule has 2 aliphatic heterocycles. The average molecular weight is 518 g/mol. The number of carbonyl (C=O) groups excluding carboxylic acids is 1. The summed E-state index contributed by atoms with van der Waals surface area (Å²) in [5, 5.41) is 38.0. The number of guanidine groups is 1. The predicted molar refractivity (Wildman–Crippen MR) is 127 cm³/mol. The molecule has 13 N–H and O–H groups in total. The Kier molecular flexibility index (Phi) is 9.48. The Labute approximate surface area is 209 Å². The molecule has 1 saturated heterocycles. The molecule has 15 heteroatoms. The van der Waals surface area contributed by atoms with E-state index in [9.17, 15) is 20.1 Å². The first kappa shape index (κ1) is 28.5. The van der Waals surface area contributed by atoms with Crippen LogP contribution in [0.2, 0.25) is 0 Å². The van der Waals surface area contributed by atoms with Crippen molar-refractivity contribution in [3.05, 3.63) is 11.8 Å². The van der Waals surface area contributed by atoms with Gasteiger partial charge in [-0.15, -0.1) is 0 Å². The van der Waals surface area contributed by atoms with E-state index in [2.05, 4.69) is 15.6 Å². The first-order valence-electron chi connectivity index (χ1n) is 11.8. The molecule has 0 radical (unpaired) electrons. The maximum absolute atomic E-state index is 11.3. The molecule has 15 nitrogen and oxygen atoms in total. The summed E-state index contributed by atoms with van der Waals surface area (Å²) in [4.78, 5) is 15.4. The SMILES string of the molecule is CNC1C(O)C(OC2C(NC=O)CC(N)C(OC3OC(CN)=CCC3N=C(N)N)C2O)OCC1(C)O. The molecule has 2 fully saturated rings. The number of amides is 1. The van der Waals surface area contributed by atoms with E-state index in [4.69, 9.17) is 41.9 Å². The first-order chi connectivity index (χ1) is 17.0. The third kappa shape index (κ3) is 6.24. The second-order valence-electron chi connectivity index (χ2n) is 9.49. The van der Waals surface area contributed by atoms with Gasteiger partial charge in [-0.3, -0.25) is 4.79 Å². The molecule has 2 heterocycles. The van der Waals surface area contributed by atoms with Crippen molar-refractivity contribution in [1.29, 1.82) is 0 Å². The van der Waals surface area contributed by atoms with Crippen molar-refractivity contribution in [2.45, 2.75) is 86.5 Å². The van der Waals surface area contributed by atoms with E-state index in [-0.39, 0.29) is 25.5 Å². The van der Waals surface area contributed by atoms with Gasteiger partial charge in [0.2, 0.25) is 12.7 Å². The van der Waals surface area contributed by atoms with E-state index in [0.29, 0.717) is 18.6 Å². The van der Waals surface area contributed by atoms with Crippen molar-refractivity contribution >= 4 is 12.4 Å². The largest absolute Gasteiger partial charge is 0.466 e. The van der Waals surface area contributed by atoms with Crippen LogP contribution < -0.4 is 33.6 Å². The number of carbonyl (C=O) groups is 1. The molecule has 0 aromatic heterocycles. The zero-order valence-corrected chi connectivity index (χ0v) is 20.4. The molecule has 206 valence electrons. The van der Waals surface area contributed by atoms with Gasteiger partial charge in [-0.2, -0.15) is 0 Å². The van der Waals surface area contributed by atoms with Crippen molar-refractivity contribution < 1.29 is 39.1 Å². The highest BCUT2D eigenvalue weighted by Gasteiger charge is 2.51. The Morgan fingerprint density at radius 1 is 1.28 bits per heavy atom. The highest BCUT2D eigenvalue weighted by Crippen LogP contribution is 2.32. The van der Waals surface area contributed by atoms with Crippen LogP contribution in [-0.4, -0.2) is 115 Å². The van der Waals surface area contributed by atoms with Crippen molar-refractivity contribution in [3.63, 3.8) is 0 Å². The zero-order chi connectivity index (χ0) is 26.6. The van der Waals surface area contributed by atoms with Gasteiger partial charge >= 0.3 is 0 Å². The standard InChI is InChI=1S/C21H39N7O8/c1-21(32)7-33-19(14(31)17(21)26-2)36-16-12(27-8-29)5-10(23)15(13(16)30)35-18-11(28-20(24)25)4-3-9(6-22)34-18/h3,8,10-19,26,30-32H,4-7,22-23H2,1-2H3,(H,27,29)(H4,24,25,28). The van der Waals surface area contributed by atoms with E-state index < -0.39 is 66.8 Å². The van der Waals surface area contributed by atoms with Gasteiger partial charge < -0.3 is 67.8 Å². The van der Waals surface area contributed by atoms with E-state index in [0.717, 1.165) is 0 Å². The van der Waals surface area contributed by atoms with Gasteiger partial charge in [-0.25, -0.2) is 4.99 Å². The Morgan fingerprint density at radius 3 is 2.58 bits per heavy atom. The van der Waals surface area contributed by atoms with Gasteiger partial charge in [0.05, 0.1) is 25.2 Å². The number of nitrogens with one attached hydrogen (secondary N) is 2. The fourth-order valence-corrected chi connectivity index (χ4v) is 4.92. The molecule has 11 unspecified atom stereocenters. The molecule has 0 bridgehead atoms. The van der Waals surface area contributed by atoms with Crippen molar-refractivity contribution in [2.24, 2.45) is 27.9 Å². The minimum absolute atomic E-state index is 0.123. The number of rotatable bonds is 9. The molecule has 1 amide bonds. The van der Waals surface area contributed by atoms with E-state index >= 15 is 0 Å². The normalized spacial score (nSPS) is 43.1. The summed E-state index contributed by atoms with van der Waals surface area (Å²) in [7, 11) is 1.58. The van der Waals surface area contributed by atoms with Crippen LogP contribution in [0.1, 0.15) is 19.8 Å². The molecular weight excluding hydrogens is 478 g/mol. The minimum atomic E-state index is -1.38. The zero-order valence-electron chi connectivity index (χ0n) is 20.4. The van der Waals surface area contributed by atoms with Crippen LogP contribution in [0, 0.1) is 0 Å². The van der Waals surface area contributed by atoms with E-state index in [1.54, 1.807) is 13.1 Å². The van der Waals surface area contributed by atoms with Gasteiger partial charge in [0, 0.05) is 6.04 Å². The molecule has 36 heavy (non-hydrogen) atoms. The average Bonchev–Trinajstić information content (AvgIpc) is 2.81. The second-order valence-corrected chi connectivity index (χ2v) is 9.49. The quantitative estimate of drug-likeness (QED) is 0.0792. The fraction of sp³-hybridized carbons (Fsp3) is 0.810. The number of aliphatic imine (C=N–C) groups is 1. The summed E-state index contributed by atoms with van der Waals surface area (Å²) in [6.45, 7) is 1.50. The molecule has 11 atom stereocenters. The lowest BCUT2D eigenvalue weighted by molar-refractivity contribution is -0.303. The molecule has 0 aromatic carbocycles. The highest BCUT2D eigenvalue weighted by molar-refractivity contribution is 5.75. The Bertz CT molecular complexity index is 811. The molecule has 0 aromatic rings. The number of hydrogen-bond donors (Lipinski definition) is 9. The number of ether oxygens (including phenoxy) is 4. The van der Waals surface area contributed by atoms with Crippen LogP contribution in [0.4, 0.5) is 0 Å². The van der Waals surface area contributed by atoms with Crippen LogP contribution >= 0.6 is 0 Å². The fourth-order valence-electron chi connectivity index (χ4n) is 4.92. The number of aliphatic hydroxyl groups excluding tert-OH is 2. The Balaban J connectivity index is 1.81. The summed E-state index contributed by atoms with van der Waals surface area (Å²) in [6.07, 6.45) is -4.24. The number of likely N-dealkylation sites (N-methyl/N-ethyl adjacent to an activating group) is 1. The third-order valence-corrected chi connectivity index (χ3v) is 6.71. The monoisotopic (exact) mass is 517 g/mol. The Hall–Kier alpha value is -2.08. The number of aliphatic hydroxyl groups is 3. The van der Waals surface area contributed by atoms with Gasteiger partial charge in [-0.05, 0) is 32.9 Å². The van der Waals surface area contributed by atoms with Crippen LogP contribution in [0.5, 0.6) is 0 Å². The van der Waals surface area contributed by atoms with Crippen molar-refractivity contribution in [3.8, 4) is 0 Å². The molecular formula is C21H39N7O8. The van der Waals surface area contributed by atoms with Crippen LogP contribution in [-0.2, 0) is 23.7 Å². The van der Waals surface area contributed by atoms with E-state index in [1.807, 2.05) is 0 Å². The number of nitrogens with zero attached hydrogens (tertiary/aromatic N) is 1. The highest BCUT2D eigenvalue weighted by atomic mass is 16.7. The third-order valence-electron chi connectivity index (χ3n) is 6.71. The van der Waals surface area contributed by atoms with Crippen LogP contribution in [0.15, 0.2) is 16.8 Å². The van der Waals surface area contributed by atoms with Crippen LogP contribution in [0.25, 0.3) is 0 Å².